The molecule has 0 amide bonds. The van der Waals surface area contributed by atoms with Crippen LogP contribution in [0.15, 0.2) is 42.5 Å². The van der Waals surface area contributed by atoms with E-state index >= 15 is 0 Å². The monoisotopic (exact) mass is 317 g/mol. The summed E-state index contributed by atoms with van der Waals surface area (Å²) in [5.41, 5.74) is 0. The molecule has 0 saturated heterocycles. The summed E-state index contributed by atoms with van der Waals surface area (Å²) in [6.45, 7) is 0. The number of methoxy groups -OCH3 is 2. The summed E-state index contributed by atoms with van der Waals surface area (Å²) < 4.78 is 37.2. The van der Waals surface area contributed by atoms with E-state index in [1.807, 2.05) is 36.4 Å². The van der Waals surface area contributed by atoms with E-state index in [0.29, 0.717) is 5.75 Å². The summed E-state index contributed by atoms with van der Waals surface area (Å²) >= 11 is -2.69. The zero-order valence-electron chi connectivity index (χ0n) is 12.0. The van der Waals surface area contributed by atoms with Crippen LogP contribution in [0.5, 0.6) is 17.2 Å². The van der Waals surface area contributed by atoms with Crippen LogP contribution in [0.4, 0.5) is 0 Å². The molecule has 1 atom stereocenters. The van der Waals surface area contributed by atoms with Crippen molar-refractivity contribution >= 4 is 32.9 Å². The molecule has 3 rings (SSSR count). The summed E-state index contributed by atoms with van der Waals surface area (Å²) in [7, 11) is 2.94. The Morgan fingerprint density at radius 2 is 1.55 bits per heavy atom. The molecule has 0 aliphatic rings. The van der Waals surface area contributed by atoms with Crippen molar-refractivity contribution in [2.45, 2.75) is 0 Å². The lowest BCUT2D eigenvalue weighted by Gasteiger charge is -2.17. The van der Waals surface area contributed by atoms with Gasteiger partial charge in [0.2, 0.25) is 5.75 Å². The Kier molecular flexibility index (Phi) is 3.87. The molecule has 3 aromatic carbocycles. The molecule has 0 aliphatic heterocycles. The summed E-state index contributed by atoms with van der Waals surface area (Å²) in [6.07, 6.45) is 0. The fourth-order valence-electron chi connectivity index (χ4n) is 2.55. The molecule has 0 aromatic heterocycles. The molecule has 0 bridgehead atoms. The largest absolute Gasteiger partial charge is 0.740 e. The van der Waals surface area contributed by atoms with Crippen molar-refractivity contribution in [3.8, 4) is 17.2 Å². The zero-order chi connectivity index (χ0) is 15.7. The van der Waals surface area contributed by atoms with Crippen LogP contribution >= 0.6 is 0 Å². The molecular formula is C16H13O5S-. The highest BCUT2D eigenvalue weighted by Gasteiger charge is 2.17. The predicted molar refractivity (Wildman–Crippen MR) is 84.1 cm³/mol. The average molecular weight is 317 g/mol. The standard InChI is InChI=1S/C16H14O5S/c1-19-15-13-8-11-6-4-3-5-10(11)7-12(13)9-14(16(15)20-2)21-22(17)18/h3-9H,1-2H3,(H,17,18)/p-1. The van der Waals surface area contributed by atoms with Gasteiger partial charge in [0.25, 0.3) is 0 Å². The molecule has 1 unspecified atom stereocenters. The fourth-order valence-corrected chi connectivity index (χ4v) is 2.82. The van der Waals surface area contributed by atoms with Crippen molar-refractivity contribution in [3.05, 3.63) is 42.5 Å². The molecule has 0 spiro atoms. The Morgan fingerprint density at radius 3 is 2.14 bits per heavy atom. The summed E-state index contributed by atoms with van der Waals surface area (Å²) in [4.78, 5) is 0. The van der Waals surface area contributed by atoms with E-state index < -0.39 is 11.4 Å². The van der Waals surface area contributed by atoms with E-state index in [2.05, 4.69) is 0 Å². The van der Waals surface area contributed by atoms with Gasteiger partial charge in [-0.1, -0.05) is 24.3 Å². The van der Waals surface area contributed by atoms with Gasteiger partial charge < -0.3 is 18.2 Å². The Balaban J connectivity index is 2.38. The first kappa shape index (κ1) is 14.6. The Morgan fingerprint density at radius 1 is 0.909 bits per heavy atom. The number of ether oxygens (including phenoxy) is 2. The first-order valence-electron chi connectivity index (χ1n) is 6.49. The van der Waals surface area contributed by atoms with Crippen LogP contribution in [0, 0.1) is 0 Å². The zero-order valence-corrected chi connectivity index (χ0v) is 12.8. The number of hydrogen-bond donors (Lipinski definition) is 0. The first-order chi connectivity index (χ1) is 10.6. The van der Waals surface area contributed by atoms with Gasteiger partial charge in [-0.3, -0.25) is 0 Å². The number of fused-ring (bicyclic) bond motifs is 2. The lowest BCUT2D eigenvalue weighted by molar-refractivity contribution is 0.344. The number of rotatable bonds is 4. The van der Waals surface area contributed by atoms with Gasteiger partial charge in [-0.2, -0.15) is 0 Å². The Hall–Kier alpha value is -2.31. The van der Waals surface area contributed by atoms with Crippen molar-refractivity contribution in [1.82, 2.24) is 0 Å². The van der Waals surface area contributed by atoms with Crippen LogP contribution in [0.3, 0.4) is 0 Å². The second-order valence-corrected chi connectivity index (χ2v) is 5.22. The maximum atomic E-state index is 10.9. The van der Waals surface area contributed by atoms with E-state index in [1.165, 1.54) is 14.2 Å². The van der Waals surface area contributed by atoms with Crippen LogP contribution in [0.1, 0.15) is 0 Å². The molecule has 0 N–H and O–H groups in total. The molecule has 0 aliphatic carbocycles. The van der Waals surface area contributed by atoms with Crippen molar-refractivity contribution in [3.63, 3.8) is 0 Å². The van der Waals surface area contributed by atoms with E-state index in [1.54, 1.807) is 6.07 Å². The van der Waals surface area contributed by atoms with Gasteiger partial charge >= 0.3 is 0 Å². The van der Waals surface area contributed by atoms with Gasteiger partial charge in [0.15, 0.2) is 11.5 Å². The summed E-state index contributed by atoms with van der Waals surface area (Å²) in [5, 5.41) is 3.71. The minimum Gasteiger partial charge on any atom is -0.740 e. The highest BCUT2D eigenvalue weighted by molar-refractivity contribution is 7.74. The van der Waals surface area contributed by atoms with Crippen LogP contribution < -0.4 is 13.7 Å². The van der Waals surface area contributed by atoms with Crippen LogP contribution in [-0.4, -0.2) is 23.0 Å². The Labute approximate surface area is 129 Å². The lowest BCUT2D eigenvalue weighted by Crippen LogP contribution is -2.02. The highest BCUT2D eigenvalue weighted by Crippen LogP contribution is 2.44. The summed E-state index contributed by atoms with van der Waals surface area (Å²) in [5.74, 6) is 0.774. The molecule has 0 heterocycles. The average Bonchev–Trinajstić information content (AvgIpc) is 2.51. The molecule has 0 fully saturated rings. The normalized spacial score (nSPS) is 12.3. The maximum Gasteiger partial charge on any atom is 0.205 e. The number of benzene rings is 3. The molecule has 3 aromatic rings. The van der Waals surface area contributed by atoms with Crippen LogP contribution in [0.2, 0.25) is 0 Å². The Bertz CT molecular complexity index is 875. The molecule has 22 heavy (non-hydrogen) atoms. The van der Waals surface area contributed by atoms with E-state index in [-0.39, 0.29) is 11.5 Å². The minimum atomic E-state index is -2.69. The van der Waals surface area contributed by atoms with Crippen molar-refractivity contribution < 1.29 is 22.4 Å². The summed E-state index contributed by atoms with van der Waals surface area (Å²) in [6, 6.07) is 13.4. The topological polar surface area (TPSA) is 67.8 Å². The fraction of sp³-hybridized carbons (Fsp3) is 0.125. The molecule has 114 valence electrons. The molecule has 0 radical (unpaired) electrons. The SMILES string of the molecule is COc1c(OS(=O)[O-])cc2cc3ccccc3cc2c1OC. The lowest BCUT2D eigenvalue weighted by atomic mass is 10.0. The third-order valence-electron chi connectivity index (χ3n) is 3.45. The van der Waals surface area contributed by atoms with Gasteiger partial charge in [-0.05, 0) is 34.4 Å². The predicted octanol–water partition coefficient (Wildman–Crippen LogP) is 3.18. The van der Waals surface area contributed by atoms with Crippen molar-refractivity contribution in [2.75, 3.05) is 14.2 Å². The van der Waals surface area contributed by atoms with Crippen LogP contribution in [0.25, 0.3) is 21.5 Å². The van der Waals surface area contributed by atoms with Gasteiger partial charge in [0.05, 0.1) is 14.2 Å². The second kappa shape index (κ2) is 5.82. The minimum absolute atomic E-state index is 0.0930. The highest BCUT2D eigenvalue weighted by atomic mass is 32.2. The van der Waals surface area contributed by atoms with E-state index in [9.17, 15) is 8.76 Å². The van der Waals surface area contributed by atoms with Gasteiger partial charge in [0, 0.05) is 5.39 Å². The van der Waals surface area contributed by atoms with E-state index in [4.69, 9.17) is 13.7 Å². The van der Waals surface area contributed by atoms with Gasteiger partial charge in [-0.25, -0.2) is 4.21 Å². The maximum absolute atomic E-state index is 10.9. The first-order valence-corrected chi connectivity index (χ1v) is 7.49. The molecule has 6 heteroatoms. The molecule has 0 saturated carbocycles. The molecular weight excluding hydrogens is 304 g/mol. The van der Waals surface area contributed by atoms with Gasteiger partial charge in [0.1, 0.15) is 11.4 Å². The van der Waals surface area contributed by atoms with Crippen molar-refractivity contribution in [2.24, 2.45) is 0 Å². The molecule has 5 nitrogen and oxygen atoms in total. The van der Waals surface area contributed by atoms with Crippen molar-refractivity contribution in [1.29, 1.82) is 0 Å². The third kappa shape index (κ3) is 2.47. The quantitative estimate of drug-likeness (QED) is 0.546. The van der Waals surface area contributed by atoms with Gasteiger partial charge in [-0.15, -0.1) is 0 Å². The smallest absolute Gasteiger partial charge is 0.205 e. The van der Waals surface area contributed by atoms with Crippen LogP contribution in [-0.2, 0) is 11.4 Å². The van der Waals surface area contributed by atoms with E-state index in [0.717, 1.165) is 21.5 Å². The third-order valence-corrected chi connectivity index (χ3v) is 3.76. The number of hydrogen-bond acceptors (Lipinski definition) is 5. The second-order valence-electron chi connectivity index (χ2n) is 4.65.